The number of nitrogens with zero attached hydrogens (tertiary/aromatic N) is 1. The maximum atomic E-state index is 12.0. The van der Waals surface area contributed by atoms with Crippen LogP contribution in [0.5, 0.6) is 5.75 Å². The van der Waals surface area contributed by atoms with Crippen molar-refractivity contribution in [1.29, 1.82) is 0 Å². The molecule has 1 aromatic carbocycles. The minimum atomic E-state index is -0.297. The van der Waals surface area contributed by atoms with Gasteiger partial charge in [0, 0.05) is 12.4 Å². The van der Waals surface area contributed by atoms with Crippen molar-refractivity contribution in [1.82, 2.24) is 4.57 Å². The molecule has 0 aliphatic carbocycles. The van der Waals surface area contributed by atoms with Crippen LogP contribution in [0.4, 0.5) is 0 Å². The number of pyridine rings is 1. The van der Waals surface area contributed by atoms with Crippen LogP contribution >= 0.6 is 0 Å². The Kier molecular flexibility index (Phi) is 2.71. The molecule has 1 heterocycles. The number of aldehydes is 1. The lowest BCUT2D eigenvalue weighted by Gasteiger charge is -2.12. The van der Waals surface area contributed by atoms with E-state index in [-0.39, 0.29) is 11.1 Å². The lowest BCUT2D eigenvalue weighted by Crippen LogP contribution is -2.23. The molecule has 0 saturated carbocycles. The summed E-state index contributed by atoms with van der Waals surface area (Å²) in [6.07, 6.45) is 0.608. The first-order valence-corrected chi connectivity index (χ1v) is 5.23. The fraction of sp³-hybridized carbons (Fsp3) is 0.231. The monoisotopic (exact) mass is 231 g/mol. The first-order chi connectivity index (χ1) is 8.11. The predicted molar refractivity (Wildman–Crippen MR) is 65.9 cm³/mol. The Hall–Kier alpha value is -2.10. The number of aromatic nitrogens is 1. The van der Waals surface area contributed by atoms with Gasteiger partial charge >= 0.3 is 0 Å². The zero-order valence-corrected chi connectivity index (χ0v) is 9.98. The average Bonchev–Trinajstić information content (AvgIpc) is 2.36. The van der Waals surface area contributed by atoms with Crippen molar-refractivity contribution in [2.75, 3.05) is 7.11 Å². The summed E-state index contributed by atoms with van der Waals surface area (Å²) < 4.78 is 6.69. The van der Waals surface area contributed by atoms with Crippen molar-refractivity contribution in [3.63, 3.8) is 0 Å². The molecule has 4 nitrogen and oxygen atoms in total. The number of methoxy groups -OCH3 is 1. The topological polar surface area (TPSA) is 48.3 Å². The fourth-order valence-corrected chi connectivity index (χ4v) is 2.06. The molecule has 0 radical (unpaired) electrons. The molecule has 0 bridgehead atoms. The first-order valence-electron chi connectivity index (χ1n) is 5.23. The van der Waals surface area contributed by atoms with Gasteiger partial charge in [-0.25, -0.2) is 0 Å². The van der Waals surface area contributed by atoms with Gasteiger partial charge in [0.1, 0.15) is 5.75 Å². The molecule has 0 fully saturated rings. The van der Waals surface area contributed by atoms with Crippen LogP contribution in [0.1, 0.15) is 15.9 Å². The molecular weight excluding hydrogens is 218 g/mol. The zero-order valence-electron chi connectivity index (χ0n) is 9.98. The highest BCUT2D eigenvalue weighted by Crippen LogP contribution is 2.26. The summed E-state index contributed by atoms with van der Waals surface area (Å²) in [6.45, 7) is 1.77. The standard InChI is InChI=1S/C13H13NO3/c1-8-9-5-4-6-11(17-3)12(9)14(2)13(16)10(8)7-15/h4-7H,1-3H3. The van der Waals surface area contributed by atoms with Gasteiger partial charge in [-0.15, -0.1) is 0 Å². The number of carbonyl (C=O) groups excluding carboxylic acids is 1. The summed E-state index contributed by atoms with van der Waals surface area (Å²) in [6, 6.07) is 5.51. The molecule has 88 valence electrons. The highest BCUT2D eigenvalue weighted by atomic mass is 16.5. The zero-order chi connectivity index (χ0) is 12.6. The fourth-order valence-electron chi connectivity index (χ4n) is 2.06. The summed E-state index contributed by atoms with van der Waals surface area (Å²) in [5, 5.41) is 0.855. The predicted octanol–water partition coefficient (Wildman–Crippen LogP) is 1.67. The van der Waals surface area contributed by atoms with Gasteiger partial charge in [0.25, 0.3) is 5.56 Å². The van der Waals surface area contributed by atoms with Crippen molar-refractivity contribution in [3.8, 4) is 5.75 Å². The molecule has 0 aliphatic rings. The molecule has 0 spiro atoms. The minimum Gasteiger partial charge on any atom is -0.495 e. The number of fused-ring (bicyclic) bond motifs is 1. The quantitative estimate of drug-likeness (QED) is 0.739. The summed E-state index contributed by atoms with van der Waals surface area (Å²) >= 11 is 0. The van der Waals surface area contributed by atoms with E-state index in [1.54, 1.807) is 27.1 Å². The van der Waals surface area contributed by atoms with Crippen molar-refractivity contribution in [2.45, 2.75) is 6.92 Å². The van der Waals surface area contributed by atoms with Crippen LogP contribution in [0.15, 0.2) is 23.0 Å². The molecule has 4 heteroatoms. The highest BCUT2D eigenvalue weighted by Gasteiger charge is 2.13. The van der Waals surface area contributed by atoms with Gasteiger partial charge in [-0.3, -0.25) is 9.59 Å². The third-order valence-electron chi connectivity index (χ3n) is 3.02. The average molecular weight is 231 g/mol. The van der Waals surface area contributed by atoms with Crippen molar-refractivity contribution in [2.24, 2.45) is 7.05 Å². The van der Waals surface area contributed by atoms with Gasteiger partial charge in [0.05, 0.1) is 18.2 Å². The summed E-state index contributed by atoms with van der Waals surface area (Å²) in [4.78, 5) is 22.9. The van der Waals surface area contributed by atoms with E-state index in [0.717, 1.165) is 5.39 Å². The molecule has 1 aromatic heterocycles. The molecule has 0 atom stereocenters. The summed E-state index contributed by atoms with van der Waals surface area (Å²) in [7, 11) is 3.20. The number of para-hydroxylation sites is 1. The third-order valence-corrected chi connectivity index (χ3v) is 3.02. The van der Waals surface area contributed by atoms with Gasteiger partial charge in [-0.05, 0) is 18.6 Å². The maximum absolute atomic E-state index is 12.0. The second-order valence-corrected chi connectivity index (χ2v) is 3.88. The van der Waals surface area contributed by atoms with Crippen molar-refractivity contribution < 1.29 is 9.53 Å². The van der Waals surface area contributed by atoms with Crippen LogP contribution in [0, 0.1) is 6.92 Å². The number of hydrogen-bond acceptors (Lipinski definition) is 3. The Morgan fingerprint density at radius 3 is 2.65 bits per heavy atom. The van der Waals surface area contributed by atoms with Gasteiger partial charge < -0.3 is 9.30 Å². The second kappa shape index (κ2) is 4.05. The first kappa shape index (κ1) is 11.4. The highest BCUT2D eigenvalue weighted by molar-refractivity contribution is 5.93. The van der Waals surface area contributed by atoms with E-state index in [9.17, 15) is 9.59 Å². The molecule has 0 N–H and O–H groups in total. The van der Waals surface area contributed by atoms with Crippen LogP contribution < -0.4 is 10.3 Å². The lowest BCUT2D eigenvalue weighted by molar-refractivity contribution is 0.112. The molecular formula is C13H13NO3. The van der Waals surface area contributed by atoms with Crippen molar-refractivity contribution in [3.05, 3.63) is 39.7 Å². The maximum Gasteiger partial charge on any atom is 0.261 e. The molecule has 0 aliphatic heterocycles. The van der Waals surface area contributed by atoms with E-state index in [0.29, 0.717) is 23.1 Å². The molecule has 0 saturated heterocycles. The summed E-state index contributed by atoms with van der Waals surface area (Å²) in [5.41, 5.74) is 1.31. The van der Waals surface area contributed by atoms with E-state index in [1.165, 1.54) is 4.57 Å². The normalized spacial score (nSPS) is 10.5. The third kappa shape index (κ3) is 1.53. The van der Waals surface area contributed by atoms with E-state index < -0.39 is 0 Å². The van der Waals surface area contributed by atoms with Gasteiger partial charge in [0.2, 0.25) is 0 Å². The van der Waals surface area contributed by atoms with E-state index in [4.69, 9.17) is 4.74 Å². The second-order valence-electron chi connectivity index (χ2n) is 3.88. The summed E-state index contributed by atoms with van der Waals surface area (Å²) in [5.74, 6) is 0.627. The molecule has 0 unspecified atom stereocenters. The van der Waals surface area contributed by atoms with Crippen LogP contribution in [0.25, 0.3) is 10.9 Å². The number of rotatable bonds is 2. The van der Waals surface area contributed by atoms with Crippen LogP contribution in [-0.2, 0) is 7.05 Å². The van der Waals surface area contributed by atoms with Gasteiger partial charge in [0.15, 0.2) is 6.29 Å². The Balaban J connectivity index is 3.09. The van der Waals surface area contributed by atoms with E-state index >= 15 is 0 Å². The van der Waals surface area contributed by atoms with Crippen LogP contribution in [-0.4, -0.2) is 18.0 Å². The number of aryl methyl sites for hydroxylation is 2. The van der Waals surface area contributed by atoms with Crippen LogP contribution in [0.3, 0.4) is 0 Å². The number of benzene rings is 1. The van der Waals surface area contributed by atoms with Crippen LogP contribution in [0.2, 0.25) is 0 Å². The molecule has 0 amide bonds. The molecule has 2 aromatic rings. The Labute approximate surface area is 98.4 Å². The Morgan fingerprint density at radius 2 is 2.06 bits per heavy atom. The van der Waals surface area contributed by atoms with Crippen molar-refractivity contribution >= 4 is 17.2 Å². The smallest absolute Gasteiger partial charge is 0.261 e. The lowest BCUT2D eigenvalue weighted by atomic mass is 10.0. The Morgan fingerprint density at radius 1 is 1.35 bits per heavy atom. The van der Waals surface area contributed by atoms with Gasteiger partial charge in [-0.2, -0.15) is 0 Å². The number of ether oxygens (including phenoxy) is 1. The van der Waals surface area contributed by atoms with E-state index in [1.807, 2.05) is 12.1 Å². The molecule has 2 rings (SSSR count). The number of carbonyl (C=O) groups is 1. The SMILES string of the molecule is COc1cccc2c(C)c(C=O)c(=O)n(C)c12. The Bertz CT molecular complexity index is 656. The largest absolute Gasteiger partial charge is 0.495 e. The minimum absolute atomic E-state index is 0.202. The van der Waals surface area contributed by atoms with E-state index in [2.05, 4.69) is 0 Å². The molecule has 17 heavy (non-hydrogen) atoms. The number of hydrogen-bond donors (Lipinski definition) is 0. The van der Waals surface area contributed by atoms with Gasteiger partial charge in [-0.1, -0.05) is 12.1 Å².